The maximum absolute atomic E-state index is 11.7. The molecule has 118 valence electrons. The zero-order chi connectivity index (χ0) is 16.5. The molecule has 0 aliphatic heterocycles. The van der Waals surface area contributed by atoms with Crippen LogP contribution in [0.4, 0.5) is 0 Å². The molecule has 1 aromatic rings. The van der Waals surface area contributed by atoms with Crippen molar-refractivity contribution in [2.45, 2.75) is 13.3 Å². The molecule has 0 saturated carbocycles. The van der Waals surface area contributed by atoms with Crippen molar-refractivity contribution >= 4 is 23.6 Å². The van der Waals surface area contributed by atoms with Gasteiger partial charge in [-0.15, -0.1) is 0 Å². The van der Waals surface area contributed by atoms with Crippen LogP contribution in [0, 0.1) is 0 Å². The second kappa shape index (κ2) is 8.61. The van der Waals surface area contributed by atoms with Crippen molar-refractivity contribution in [2.24, 2.45) is 0 Å². The minimum absolute atomic E-state index is 0.0954. The number of benzene rings is 1. The first-order valence-electron chi connectivity index (χ1n) is 6.64. The highest BCUT2D eigenvalue weighted by Crippen LogP contribution is 2.23. The van der Waals surface area contributed by atoms with E-state index in [1.807, 2.05) is 0 Å². The van der Waals surface area contributed by atoms with Gasteiger partial charge in [-0.3, -0.25) is 9.59 Å². The predicted molar refractivity (Wildman–Crippen MR) is 79.8 cm³/mol. The second-order valence-corrected chi connectivity index (χ2v) is 4.27. The third-order valence-corrected chi connectivity index (χ3v) is 2.67. The van der Waals surface area contributed by atoms with E-state index in [-0.39, 0.29) is 6.61 Å². The highest BCUT2D eigenvalue weighted by molar-refractivity contribution is 6.37. The summed E-state index contributed by atoms with van der Waals surface area (Å²) in [6.07, 6.45) is 2.23. The molecular formula is C16H18O6. The summed E-state index contributed by atoms with van der Waals surface area (Å²) in [6.45, 7) is 1.68. The Balaban J connectivity index is 2.73. The number of esters is 1. The van der Waals surface area contributed by atoms with Crippen molar-refractivity contribution in [1.82, 2.24) is 0 Å². The van der Waals surface area contributed by atoms with Gasteiger partial charge in [0, 0.05) is 6.07 Å². The molecule has 0 heterocycles. The van der Waals surface area contributed by atoms with Crippen molar-refractivity contribution in [3.05, 3.63) is 29.8 Å². The number of methoxy groups -OCH3 is 2. The molecule has 0 N–H and O–H groups in total. The average molecular weight is 306 g/mol. The number of carbonyl (C=O) groups excluding carboxylic acids is 3. The van der Waals surface area contributed by atoms with E-state index in [2.05, 4.69) is 4.74 Å². The summed E-state index contributed by atoms with van der Waals surface area (Å²) in [4.78, 5) is 34.2. The SMILES string of the molecule is CCOC(=O)C(=O)CC(=O)C=Cc1cc(OC)cc(OC)c1. The van der Waals surface area contributed by atoms with Gasteiger partial charge in [0.1, 0.15) is 11.5 Å². The molecule has 0 bridgehead atoms. The summed E-state index contributed by atoms with van der Waals surface area (Å²) in [5.74, 6) is -1.19. The standard InChI is InChI=1S/C16H18O6/c1-4-22-16(19)15(18)9-12(17)6-5-11-7-13(20-2)10-14(8-11)21-3/h5-8,10H,4,9H2,1-3H3. The number of ether oxygens (including phenoxy) is 3. The number of rotatable bonds is 8. The first-order chi connectivity index (χ1) is 10.5. The fourth-order valence-corrected chi connectivity index (χ4v) is 1.62. The monoisotopic (exact) mass is 306 g/mol. The second-order valence-electron chi connectivity index (χ2n) is 4.27. The Hall–Kier alpha value is -2.63. The van der Waals surface area contributed by atoms with Gasteiger partial charge in [-0.2, -0.15) is 0 Å². The maximum atomic E-state index is 11.7. The van der Waals surface area contributed by atoms with Gasteiger partial charge in [0.15, 0.2) is 5.78 Å². The lowest BCUT2D eigenvalue weighted by molar-refractivity contribution is -0.154. The van der Waals surface area contributed by atoms with Crippen LogP contribution in [0.5, 0.6) is 11.5 Å². The van der Waals surface area contributed by atoms with Crippen LogP contribution in [-0.2, 0) is 19.1 Å². The first kappa shape index (κ1) is 17.4. The molecule has 1 aromatic carbocycles. The molecule has 22 heavy (non-hydrogen) atoms. The van der Waals surface area contributed by atoms with E-state index < -0.39 is 24.0 Å². The fraction of sp³-hybridized carbons (Fsp3) is 0.312. The molecule has 0 atom stereocenters. The van der Waals surface area contributed by atoms with E-state index in [4.69, 9.17) is 9.47 Å². The van der Waals surface area contributed by atoms with Crippen LogP contribution in [-0.4, -0.2) is 38.4 Å². The Labute approximate surface area is 128 Å². The third-order valence-electron chi connectivity index (χ3n) is 2.67. The third kappa shape index (κ3) is 5.40. The molecule has 0 aromatic heterocycles. The molecule has 6 heteroatoms. The Kier molecular flexibility index (Phi) is 6.82. The molecule has 0 radical (unpaired) electrons. The Bertz CT molecular complexity index is 566. The average Bonchev–Trinajstić information content (AvgIpc) is 2.52. The minimum atomic E-state index is -0.993. The predicted octanol–water partition coefficient (Wildman–Crippen LogP) is 1.81. The summed E-state index contributed by atoms with van der Waals surface area (Å²) in [5.41, 5.74) is 0.674. The fourth-order valence-electron chi connectivity index (χ4n) is 1.62. The minimum Gasteiger partial charge on any atom is -0.497 e. The van der Waals surface area contributed by atoms with E-state index in [1.54, 1.807) is 25.1 Å². The number of ketones is 2. The van der Waals surface area contributed by atoms with Crippen LogP contribution < -0.4 is 9.47 Å². The first-order valence-corrected chi connectivity index (χ1v) is 6.64. The largest absolute Gasteiger partial charge is 0.497 e. The van der Waals surface area contributed by atoms with Crippen LogP contribution >= 0.6 is 0 Å². The summed E-state index contributed by atoms with van der Waals surface area (Å²) in [6, 6.07) is 5.11. The van der Waals surface area contributed by atoms with Crippen molar-refractivity contribution in [3.63, 3.8) is 0 Å². The van der Waals surface area contributed by atoms with E-state index >= 15 is 0 Å². The van der Waals surface area contributed by atoms with E-state index in [9.17, 15) is 14.4 Å². The number of Topliss-reactive ketones (excluding diaryl/α,β-unsaturated/α-hetero) is 1. The Morgan fingerprint density at radius 3 is 2.14 bits per heavy atom. The van der Waals surface area contributed by atoms with E-state index in [0.717, 1.165) is 0 Å². The molecular weight excluding hydrogens is 288 g/mol. The zero-order valence-electron chi connectivity index (χ0n) is 12.8. The van der Waals surface area contributed by atoms with Gasteiger partial charge < -0.3 is 14.2 Å². The van der Waals surface area contributed by atoms with Gasteiger partial charge in [-0.25, -0.2) is 4.79 Å². The summed E-state index contributed by atoms with van der Waals surface area (Å²) in [7, 11) is 3.04. The van der Waals surface area contributed by atoms with Gasteiger partial charge in [0.05, 0.1) is 27.2 Å². The molecule has 0 saturated heterocycles. The molecule has 0 unspecified atom stereocenters. The Morgan fingerprint density at radius 2 is 1.64 bits per heavy atom. The summed E-state index contributed by atoms with van der Waals surface area (Å²) < 4.78 is 14.8. The van der Waals surface area contributed by atoms with Gasteiger partial charge >= 0.3 is 5.97 Å². The van der Waals surface area contributed by atoms with E-state index in [0.29, 0.717) is 17.1 Å². The molecule has 0 amide bonds. The van der Waals surface area contributed by atoms with Crippen LogP contribution in [0.15, 0.2) is 24.3 Å². The number of allylic oxidation sites excluding steroid dienone is 1. The lowest BCUT2D eigenvalue weighted by atomic mass is 10.1. The number of hydrogen-bond donors (Lipinski definition) is 0. The van der Waals surface area contributed by atoms with E-state index in [1.165, 1.54) is 26.4 Å². The topological polar surface area (TPSA) is 78.9 Å². The highest BCUT2D eigenvalue weighted by Gasteiger charge is 2.17. The molecule has 6 nitrogen and oxygen atoms in total. The van der Waals surface area contributed by atoms with Crippen LogP contribution in [0.3, 0.4) is 0 Å². The maximum Gasteiger partial charge on any atom is 0.375 e. The summed E-state index contributed by atoms with van der Waals surface area (Å²) >= 11 is 0. The van der Waals surface area contributed by atoms with Gasteiger partial charge in [0.2, 0.25) is 5.78 Å². The van der Waals surface area contributed by atoms with Crippen LogP contribution in [0.25, 0.3) is 6.08 Å². The lowest BCUT2D eigenvalue weighted by Crippen LogP contribution is -2.19. The zero-order valence-corrected chi connectivity index (χ0v) is 12.8. The molecule has 0 spiro atoms. The van der Waals surface area contributed by atoms with Crippen molar-refractivity contribution in [1.29, 1.82) is 0 Å². The van der Waals surface area contributed by atoms with Gasteiger partial charge in [-0.05, 0) is 30.7 Å². The molecule has 0 aliphatic carbocycles. The lowest BCUT2D eigenvalue weighted by Gasteiger charge is -2.05. The van der Waals surface area contributed by atoms with Crippen LogP contribution in [0.1, 0.15) is 18.9 Å². The number of carbonyl (C=O) groups is 3. The van der Waals surface area contributed by atoms with Gasteiger partial charge in [-0.1, -0.05) is 6.08 Å². The summed E-state index contributed by atoms with van der Waals surface area (Å²) in [5, 5.41) is 0. The van der Waals surface area contributed by atoms with Crippen molar-refractivity contribution < 1.29 is 28.6 Å². The smallest absolute Gasteiger partial charge is 0.375 e. The van der Waals surface area contributed by atoms with Crippen molar-refractivity contribution in [3.8, 4) is 11.5 Å². The highest BCUT2D eigenvalue weighted by atomic mass is 16.5. The normalized spacial score (nSPS) is 10.3. The van der Waals surface area contributed by atoms with Crippen LogP contribution in [0.2, 0.25) is 0 Å². The number of hydrogen-bond acceptors (Lipinski definition) is 6. The van der Waals surface area contributed by atoms with Gasteiger partial charge in [0.25, 0.3) is 0 Å². The Morgan fingerprint density at radius 1 is 1.05 bits per heavy atom. The molecule has 1 rings (SSSR count). The van der Waals surface area contributed by atoms with Crippen molar-refractivity contribution in [2.75, 3.05) is 20.8 Å². The molecule has 0 aliphatic rings. The molecule has 0 fully saturated rings. The quantitative estimate of drug-likeness (QED) is 0.315.